The van der Waals surface area contributed by atoms with Crippen molar-refractivity contribution >= 4 is 11.6 Å². The molecule has 0 N–H and O–H groups in total. The molecule has 1 aliphatic heterocycles. The fourth-order valence-corrected chi connectivity index (χ4v) is 3.47. The Hall–Kier alpha value is -3.35. The number of aryl methyl sites for hydroxylation is 1. The van der Waals surface area contributed by atoms with E-state index in [4.69, 9.17) is 4.74 Å². The maximum absolute atomic E-state index is 12.7. The van der Waals surface area contributed by atoms with E-state index in [1.165, 1.54) is 9.58 Å². The number of carbonyl (C=O) groups excluding carboxylic acids is 1. The van der Waals surface area contributed by atoms with E-state index < -0.39 is 0 Å². The van der Waals surface area contributed by atoms with Gasteiger partial charge in [0, 0.05) is 25.7 Å². The summed E-state index contributed by atoms with van der Waals surface area (Å²) >= 11 is 0. The average molecular weight is 392 g/mol. The fourth-order valence-electron chi connectivity index (χ4n) is 3.47. The first-order valence-corrected chi connectivity index (χ1v) is 9.88. The summed E-state index contributed by atoms with van der Waals surface area (Å²) in [6.07, 6.45) is 3.90. The van der Waals surface area contributed by atoms with Crippen molar-refractivity contribution in [3.8, 4) is 11.5 Å². The Morgan fingerprint density at radius 2 is 1.76 bits per heavy atom. The molecule has 2 heterocycles. The molecule has 2 aromatic carbocycles. The molecule has 4 rings (SSSR count). The lowest BCUT2D eigenvalue weighted by atomic mass is 10.2. The highest BCUT2D eigenvalue weighted by atomic mass is 16.5. The highest BCUT2D eigenvalue weighted by Crippen LogP contribution is 2.24. The molecule has 0 fully saturated rings. The van der Waals surface area contributed by atoms with Gasteiger partial charge in [-0.1, -0.05) is 24.6 Å². The molecule has 1 aliphatic rings. The Morgan fingerprint density at radius 1 is 1.03 bits per heavy atom. The number of aromatic nitrogens is 3. The molecule has 0 aliphatic carbocycles. The van der Waals surface area contributed by atoms with Crippen molar-refractivity contribution in [3.63, 3.8) is 0 Å². The number of hydrogen-bond acceptors (Lipinski definition) is 4. The van der Waals surface area contributed by atoms with Crippen molar-refractivity contribution in [1.29, 1.82) is 0 Å². The van der Waals surface area contributed by atoms with Gasteiger partial charge in [-0.25, -0.2) is 9.48 Å². The highest BCUT2D eigenvalue weighted by molar-refractivity contribution is 5.92. The van der Waals surface area contributed by atoms with E-state index in [9.17, 15) is 9.59 Å². The molecule has 150 valence electrons. The summed E-state index contributed by atoms with van der Waals surface area (Å²) in [6, 6.07) is 16.8. The minimum absolute atomic E-state index is 0.0718. The Labute approximate surface area is 169 Å². The van der Waals surface area contributed by atoms with Gasteiger partial charge in [0.1, 0.15) is 23.9 Å². The summed E-state index contributed by atoms with van der Waals surface area (Å²) in [6.45, 7) is 0.610. The second-order valence-corrected chi connectivity index (χ2v) is 7.18. The molecule has 29 heavy (non-hydrogen) atoms. The van der Waals surface area contributed by atoms with Gasteiger partial charge in [0.2, 0.25) is 5.91 Å². The summed E-state index contributed by atoms with van der Waals surface area (Å²) in [4.78, 5) is 26.8. The number of rotatable bonds is 5. The van der Waals surface area contributed by atoms with Crippen molar-refractivity contribution in [2.75, 3.05) is 11.9 Å². The molecular formula is C22H24N4O3. The molecular weight excluding hydrogens is 368 g/mol. The van der Waals surface area contributed by atoms with Crippen LogP contribution in [-0.4, -0.2) is 27.3 Å². The minimum Gasteiger partial charge on any atom is -0.457 e. The van der Waals surface area contributed by atoms with Gasteiger partial charge >= 0.3 is 5.69 Å². The number of para-hydroxylation sites is 1. The standard InChI is InChI=1S/C22H24N4O3/c1-24(17-11-13-19(14-12-17)29-18-8-4-2-5-9-18)21(27)16-26-22(28)25-15-7-3-6-10-20(25)23-26/h2,4-5,8-9,11-14H,3,6-7,10,15-16H2,1H3. The van der Waals surface area contributed by atoms with Crippen LogP contribution in [0.5, 0.6) is 11.5 Å². The third kappa shape index (κ3) is 4.23. The number of ether oxygens (including phenoxy) is 1. The molecule has 0 radical (unpaired) electrons. The molecule has 1 aromatic heterocycles. The second-order valence-electron chi connectivity index (χ2n) is 7.18. The summed E-state index contributed by atoms with van der Waals surface area (Å²) in [7, 11) is 1.70. The van der Waals surface area contributed by atoms with Crippen LogP contribution in [0.1, 0.15) is 25.1 Å². The van der Waals surface area contributed by atoms with Crippen LogP contribution < -0.4 is 15.3 Å². The zero-order valence-corrected chi connectivity index (χ0v) is 16.5. The molecule has 0 unspecified atom stereocenters. The number of amides is 1. The maximum Gasteiger partial charge on any atom is 0.346 e. The van der Waals surface area contributed by atoms with Crippen molar-refractivity contribution in [3.05, 3.63) is 70.9 Å². The van der Waals surface area contributed by atoms with Gasteiger partial charge in [-0.2, -0.15) is 5.10 Å². The zero-order valence-electron chi connectivity index (χ0n) is 16.5. The third-order valence-electron chi connectivity index (χ3n) is 5.14. The first-order chi connectivity index (χ1) is 14.1. The van der Waals surface area contributed by atoms with E-state index in [1.54, 1.807) is 11.6 Å². The van der Waals surface area contributed by atoms with Gasteiger partial charge in [-0.3, -0.25) is 9.36 Å². The first-order valence-electron chi connectivity index (χ1n) is 9.88. The van der Waals surface area contributed by atoms with E-state index in [1.807, 2.05) is 54.6 Å². The van der Waals surface area contributed by atoms with Crippen LogP contribution in [0.25, 0.3) is 0 Å². The molecule has 7 heteroatoms. The summed E-state index contributed by atoms with van der Waals surface area (Å²) in [5, 5.41) is 4.39. The molecule has 3 aromatic rings. The molecule has 1 amide bonds. The number of likely N-dealkylation sites (N-methyl/N-ethyl adjacent to an activating group) is 1. The van der Waals surface area contributed by atoms with Crippen molar-refractivity contribution in [2.45, 2.75) is 38.8 Å². The fraction of sp³-hybridized carbons (Fsp3) is 0.318. The lowest BCUT2D eigenvalue weighted by Gasteiger charge is -2.17. The average Bonchev–Trinajstić information content (AvgIpc) is 2.90. The number of carbonyl (C=O) groups is 1. The van der Waals surface area contributed by atoms with Gasteiger partial charge in [-0.05, 0) is 49.2 Å². The largest absolute Gasteiger partial charge is 0.457 e. The van der Waals surface area contributed by atoms with Crippen molar-refractivity contribution in [2.24, 2.45) is 0 Å². The van der Waals surface area contributed by atoms with Crippen LogP contribution in [0.2, 0.25) is 0 Å². The van der Waals surface area contributed by atoms with Gasteiger partial charge < -0.3 is 9.64 Å². The van der Waals surface area contributed by atoms with Crippen LogP contribution in [0.3, 0.4) is 0 Å². The van der Waals surface area contributed by atoms with E-state index in [-0.39, 0.29) is 18.1 Å². The minimum atomic E-state index is -0.199. The highest BCUT2D eigenvalue weighted by Gasteiger charge is 2.19. The van der Waals surface area contributed by atoms with Crippen LogP contribution in [0.15, 0.2) is 59.4 Å². The number of anilines is 1. The molecule has 7 nitrogen and oxygen atoms in total. The predicted molar refractivity (Wildman–Crippen MR) is 110 cm³/mol. The molecule has 0 spiro atoms. The number of hydrogen-bond donors (Lipinski definition) is 0. The zero-order chi connectivity index (χ0) is 20.2. The number of nitrogens with zero attached hydrogens (tertiary/aromatic N) is 4. The molecule has 0 bridgehead atoms. The Bertz CT molecular complexity index is 1040. The third-order valence-corrected chi connectivity index (χ3v) is 5.14. The molecule has 0 saturated carbocycles. The van der Waals surface area contributed by atoms with Crippen LogP contribution in [-0.2, 0) is 24.3 Å². The van der Waals surface area contributed by atoms with E-state index >= 15 is 0 Å². The SMILES string of the molecule is CN(C(=O)Cn1nc2n(c1=O)CCCCC2)c1ccc(Oc2ccccc2)cc1. The van der Waals surface area contributed by atoms with Crippen molar-refractivity contribution < 1.29 is 9.53 Å². The smallest absolute Gasteiger partial charge is 0.346 e. The van der Waals surface area contributed by atoms with Gasteiger partial charge in [-0.15, -0.1) is 0 Å². The maximum atomic E-state index is 12.7. The van der Waals surface area contributed by atoms with E-state index in [2.05, 4.69) is 5.10 Å². The van der Waals surface area contributed by atoms with E-state index in [0.717, 1.165) is 42.9 Å². The van der Waals surface area contributed by atoms with Crippen LogP contribution in [0.4, 0.5) is 5.69 Å². The second kappa shape index (κ2) is 8.34. The predicted octanol–water partition coefficient (Wildman–Crippen LogP) is 3.23. The number of benzene rings is 2. The summed E-state index contributed by atoms with van der Waals surface area (Å²) in [5.41, 5.74) is 0.527. The van der Waals surface area contributed by atoms with Gasteiger partial charge in [0.05, 0.1) is 0 Å². The monoisotopic (exact) mass is 392 g/mol. The first kappa shape index (κ1) is 19.0. The summed E-state index contributed by atoms with van der Waals surface area (Å²) < 4.78 is 8.77. The normalized spacial score (nSPS) is 13.4. The number of fused-ring (bicyclic) bond motifs is 1. The van der Waals surface area contributed by atoms with Crippen LogP contribution >= 0.6 is 0 Å². The Morgan fingerprint density at radius 3 is 2.52 bits per heavy atom. The quantitative estimate of drug-likeness (QED) is 0.669. The van der Waals surface area contributed by atoms with E-state index in [0.29, 0.717) is 12.3 Å². The lowest BCUT2D eigenvalue weighted by Crippen LogP contribution is -2.35. The summed E-state index contributed by atoms with van der Waals surface area (Å²) in [5.74, 6) is 2.03. The van der Waals surface area contributed by atoms with Gasteiger partial charge in [0.15, 0.2) is 0 Å². The van der Waals surface area contributed by atoms with Crippen molar-refractivity contribution in [1.82, 2.24) is 14.3 Å². The Balaban J connectivity index is 1.43. The topological polar surface area (TPSA) is 69.4 Å². The Kier molecular flexibility index (Phi) is 5.46. The molecule has 0 atom stereocenters. The molecule has 0 saturated heterocycles. The van der Waals surface area contributed by atoms with Crippen LogP contribution in [0, 0.1) is 0 Å². The van der Waals surface area contributed by atoms with Gasteiger partial charge in [0.25, 0.3) is 0 Å². The lowest BCUT2D eigenvalue weighted by molar-refractivity contribution is -0.119.